The van der Waals surface area contributed by atoms with E-state index >= 15 is 0 Å². The molecular weight excluding hydrogens is 620 g/mol. The summed E-state index contributed by atoms with van der Waals surface area (Å²) in [5.41, 5.74) is 2.17. The van der Waals surface area contributed by atoms with Gasteiger partial charge in [0.05, 0.1) is 23.1 Å². The quantitative estimate of drug-likeness (QED) is 0.181. The lowest BCUT2D eigenvalue weighted by Crippen LogP contribution is -2.36. The lowest BCUT2D eigenvalue weighted by atomic mass is 10.1. The molecule has 1 aliphatic rings. The van der Waals surface area contributed by atoms with Gasteiger partial charge in [0, 0.05) is 5.69 Å². The molecular formula is C32H27BrN2O6S. The lowest BCUT2D eigenvalue weighted by molar-refractivity contribution is -0.127. The minimum Gasteiger partial charge on any atom is -0.497 e. The first-order chi connectivity index (χ1) is 20.3. The SMILES string of the molecule is CCOc1cc(/C=C2/SC(=O)N(CC(=O)Nc3ccc(OC)cc3)C2=O)cc(Br)c1OCc1ccc2ccccc2c1. The number of amides is 3. The van der Waals surface area contributed by atoms with Gasteiger partial charge in [-0.05, 0) is 105 Å². The molecule has 0 saturated carbocycles. The van der Waals surface area contributed by atoms with Gasteiger partial charge in [-0.25, -0.2) is 0 Å². The van der Waals surface area contributed by atoms with Crippen LogP contribution in [0.4, 0.5) is 10.5 Å². The first kappa shape index (κ1) is 29.2. The maximum atomic E-state index is 13.1. The van der Waals surface area contributed by atoms with Gasteiger partial charge in [0.15, 0.2) is 11.5 Å². The van der Waals surface area contributed by atoms with E-state index in [4.69, 9.17) is 14.2 Å². The summed E-state index contributed by atoms with van der Waals surface area (Å²) < 4.78 is 17.8. The largest absolute Gasteiger partial charge is 0.497 e. The van der Waals surface area contributed by atoms with E-state index in [0.29, 0.717) is 46.2 Å². The van der Waals surface area contributed by atoms with Crippen LogP contribution in [-0.2, 0) is 16.2 Å². The number of carbonyl (C=O) groups excluding carboxylic acids is 3. The molecule has 42 heavy (non-hydrogen) atoms. The predicted octanol–water partition coefficient (Wildman–Crippen LogP) is 7.26. The minimum atomic E-state index is -0.541. The van der Waals surface area contributed by atoms with Crippen LogP contribution in [0.5, 0.6) is 17.2 Å². The number of fused-ring (bicyclic) bond motifs is 1. The molecule has 0 bridgehead atoms. The van der Waals surface area contributed by atoms with Gasteiger partial charge in [0.1, 0.15) is 18.9 Å². The standard InChI is InChI=1S/C32H27BrN2O6S/c1-3-40-27-16-21(15-26(33)30(27)41-19-20-8-9-22-6-4-5-7-23(22)14-20)17-28-31(37)35(32(38)42-28)18-29(36)34-24-10-12-25(39-2)13-11-24/h4-17H,3,18-19H2,1-2H3,(H,34,36)/b28-17+. The zero-order chi connectivity index (χ0) is 29.6. The van der Waals surface area contributed by atoms with E-state index in [9.17, 15) is 14.4 Å². The van der Waals surface area contributed by atoms with Crippen molar-refractivity contribution in [1.82, 2.24) is 4.90 Å². The number of carbonyl (C=O) groups is 3. The summed E-state index contributed by atoms with van der Waals surface area (Å²) in [6, 6.07) is 24.6. The number of hydrogen-bond acceptors (Lipinski definition) is 7. The number of methoxy groups -OCH3 is 1. The van der Waals surface area contributed by atoms with Crippen LogP contribution in [-0.4, -0.2) is 42.2 Å². The van der Waals surface area contributed by atoms with Crippen molar-refractivity contribution in [3.05, 3.63) is 99.4 Å². The molecule has 0 aromatic heterocycles. The molecule has 1 saturated heterocycles. The van der Waals surface area contributed by atoms with Gasteiger partial charge < -0.3 is 19.5 Å². The third-order valence-electron chi connectivity index (χ3n) is 6.38. The highest BCUT2D eigenvalue weighted by Gasteiger charge is 2.36. The molecule has 0 aliphatic carbocycles. The van der Waals surface area contributed by atoms with E-state index in [0.717, 1.165) is 33.0 Å². The Hall–Kier alpha value is -4.28. The van der Waals surface area contributed by atoms with Crippen LogP contribution >= 0.6 is 27.7 Å². The van der Waals surface area contributed by atoms with Crippen LogP contribution in [0.25, 0.3) is 16.8 Å². The van der Waals surface area contributed by atoms with Crippen molar-refractivity contribution in [2.45, 2.75) is 13.5 Å². The summed E-state index contributed by atoms with van der Waals surface area (Å²) in [7, 11) is 1.55. The van der Waals surface area contributed by atoms with Gasteiger partial charge in [0.25, 0.3) is 11.1 Å². The van der Waals surface area contributed by atoms with Crippen molar-refractivity contribution in [3.8, 4) is 17.2 Å². The second kappa shape index (κ2) is 13.1. The van der Waals surface area contributed by atoms with E-state index in [1.54, 1.807) is 49.6 Å². The number of ether oxygens (including phenoxy) is 3. The van der Waals surface area contributed by atoms with Gasteiger partial charge in [-0.1, -0.05) is 36.4 Å². The van der Waals surface area contributed by atoms with Crippen molar-refractivity contribution in [2.24, 2.45) is 0 Å². The normalized spacial score (nSPS) is 14.0. The van der Waals surface area contributed by atoms with Crippen molar-refractivity contribution < 1.29 is 28.6 Å². The number of thioether (sulfide) groups is 1. The van der Waals surface area contributed by atoms with Crippen LogP contribution in [0, 0.1) is 0 Å². The van der Waals surface area contributed by atoms with Gasteiger partial charge in [0.2, 0.25) is 5.91 Å². The zero-order valence-corrected chi connectivity index (χ0v) is 25.3. The molecule has 10 heteroatoms. The first-order valence-corrected chi connectivity index (χ1v) is 14.7. The van der Waals surface area contributed by atoms with Crippen LogP contribution < -0.4 is 19.5 Å². The maximum absolute atomic E-state index is 13.1. The smallest absolute Gasteiger partial charge is 0.294 e. The summed E-state index contributed by atoms with van der Waals surface area (Å²) in [5, 5.41) is 4.46. The van der Waals surface area contributed by atoms with Crippen LogP contribution in [0.1, 0.15) is 18.1 Å². The molecule has 1 fully saturated rings. The number of rotatable bonds is 10. The van der Waals surface area contributed by atoms with E-state index < -0.39 is 23.6 Å². The van der Waals surface area contributed by atoms with Crippen LogP contribution in [0.2, 0.25) is 0 Å². The highest BCUT2D eigenvalue weighted by molar-refractivity contribution is 9.10. The molecule has 4 aromatic rings. The fourth-order valence-electron chi connectivity index (χ4n) is 4.36. The molecule has 0 atom stereocenters. The molecule has 8 nitrogen and oxygen atoms in total. The van der Waals surface area contributed by atoms with E-state index in [2.05, 4.69) is 45.5 Å². The van der Waals surface area contributed by atoms with Gasteiger partial charge >= 0.3 is 0 Å². The second-order valence-corrected chi connectivity index (χ2v) is 11.1. The topological polar surface area (TPSA) is 94.2 Å². The van der Waals surface area contributed by atoms with Crippen molar-refractivity contribution in [1.29, 1.82) is 0 Å². The van der Waals surface area contributed by atoms with Crippen molar-refractivity contribution >= 4 is 67.3 Å². The Morgan fingerprint density at radius 2 is 1.74 bits per heavy atom. The van der Waals surface area contributed by atoms with Gasteiger partial charge in [-0.3, -0.25) is 19.3 Å². The highest BCUT2D eigenvalue weighted by atomic mass is 79.9. The molecule has 0 spiro atoms. The molecule has 3 amide bonds. The number of imide groups is 1. The Balaban J connectivity index is 1.29. The lowest BCUT2D eigenvalue weighted by Gasteiger charge is -2.15. The van der Waals surface area contributed by atoms with E-state index in [1.807, 2.05) is 25.1 Å². The number of hydrogen-bond donors (Lipinski definition) is 1. The zero-order valence-electron chi connectivity index (χ0n) is 22.9. The first-order valence-electron chi connectivity index (χ1n) is 13.1. The van der Waals surface area contributed by atoms with Crippen LogP contribution in [0.3, 0.4) is 0 Å². The number of nitrogens with one attached hydrogen (secondary N) is 1. The number of benzene rings is 4. The second-order valence-electron chi connectivity index (χ2n) is 9.28. The molecule has 0 radical (unpaired) electrons. The Kier molecular flexibility index (Phi) is 9.14. The summed E-state index contributed by atoms with van der Waals surface area (Å²) in [5.74, 6) is 0.647. The summed E-state index contributed by atoms with van der Waals surface area (Å²) in [4.78, 5) is 39.4. The predicted molar refractivity (Wildman–Crippen MR) is 168 cm³/mol. The highest BCUT2D eigenvalue weighted by Crippen LogP contribution is 2.40. The third kappa shape index (κ3) is 6.78. The fourth-order valence-corrected chi connectivity index (χ4v) is 5.78. The average Bonchev–Trinajstić information content (AvgIpc) is 3.24. The molecule has 4 aromatic carbocycles. The summed E-state index contributed by atoms with van der Waals surface area (Å²) >= 11 is 4.36. The summed E-state index contributed by atoms with van der Waals surface area (Å²) in [6.07, 6.45) is 1.60. The molecule has 214 valence electrons. The Morgan fingerprint density at radius 1 is 0.976 bits per heavy atom. The fraction of sp³-hybridized carbons (Fsp3) is 0.156. The van der Waals surface area contributed by atoms with Crippen molar-refractivity contribution in [2.75, 3.05) is 25.6 Å². The van der Waals surface area contributed by atoms with Crippen molar-refractivity contribution in [3.63, 3.8) is 0 Å². The monoisotopic (exact) mass is 646 g/mol. The Labute approximate surface area is 255 Å². The summed E-state index contributed by atoms with van der Waals surface area (Å²) in [6.45, 7) is 2.21. The van der Waals surface area contributed by atoms with Gasteiger partial charge in [-0.2, -0.15) is 0 Å². The Bertz CT molecular complexity index is 1690. The Morgan fingerprint density at radius 3 is 2.48 bits per heavy atom. The average molecular weight is 648 g/mol. The third-order valence-corrected chi connectivity index (χ3v) is 7.87. The number of anilines is 1. The van der Waals surface area contributed by atoms with E-state index in [1.165, 1.54) is 0 Å². The molecule has 1 aliphatic heterocycles. The molecule has 5 rings (SSSR count). The van der Waals surface area contributed by atoms with E-state index in [-0.39, 0.29) is 4.91 Å². The maximum Gasteiger partial charge on any atom is 0.294 e. The van der Waals surface area contributed by atoms with Crippen LogP contribution in [0.15, 0.2) is 88.2 Å². The number of halogens is 1. The van der Waals surface area contributed by atoms with Gasteiger partial charge in [-0.15, -0.1) is 0 Å². The number of nitrogens with zero attached hydrogens (tertiary/aromatic N) is 1. The molecule has 1 N–H and O–H groups in total. The molecule has 0 unspecified atom stereocenters. The molecule has 1 heterocycles. The minimum absolute atomic E-state index is 0.205.